The second-order valence-electron chi connectivity index (χ2n) is 4.02. The highest BCUT2D eigenvalue weighted by Crippen LogP contribution is 2.06. The summed E-state index contributed by atoms with van der Waals surface area (Å²) in [6.07, 6.45) is 10.7. The second-order valence-corrected chi connectivity index (χ2v) is 4.02. The molecule has 0 saturated heterocycles. The molecule has 0 fully saturated rings. The summed E-state index contributed by atoms with van der Waals surface area (Å²) in [5, 5.41) is 4.23. The van der Waals surface area contributed by atoms with E-state index in [-0.39, 0.29) is 0 Å². The SMILES string of the molecule is CCCCCCCCn1ncnc1CC. The maximum Gasteiger partial charge on any atom is 0.138 e. The van der Waals surface area contributed by atoms with E-state index in [9.17, 15) is 0 Å². The van der Waals surface area contributed by atoms with E-state index in [1.165, 1.54) is 38.5 Å². The van der Waals surface area contributed by atoms with Gasteiger partial charge < -0.3 is 0 Å². The minimum Gasteiger partial charge on any atom is -0.250 e. The summed E-state index contributed by atoms with van der Waals surface area (Å²) in [6.45, 7) is 5.42. The first-order valence-electron chi connectivity index (χ1n) is 6.25. The van der Waals surface area contributed by atoms with Crippen molar-refractivity contribution in [3.05, 3.63) is 12.2 Å². The fourth-order valence-electron chi connectivity index (χ4n) is 1.79. The first kappa shape index (κ1) is 12.2. The van der Waals surface area contributed by atoms with Crippen molar-refractivity contribution in [1.29, 1.82) is 0 Å². The monoisotopic (exact) mass is 209 g/mol. The Hall–Kier alpha value is -0.860. The van der Waals surface area contributed by atoms with Gasteiger partial charge in [-0.3, -0.25) is 4.68 Å². The number of rotatable bonds is 8. The van der Waals surface area contributed by atoms with Gasteiger partial charge in [-0.25, -0.2) is 4.98 Å². The molecular formula is C12H23N3. The predicted molar refractivity (Wildman–Crippen MR) is 62.8 cm³/mol. The van der Waals surface area contributed by atoms with Gasteiger partial charge in [-0.15, -0.1) is 0 Å². The van der Waals surface area contributed by atoms with Crippen LogP contribution in [-0.4, -0.2) is 14.8 Å². The molecule has 0 saturated carbocycles. The highest BCUT2D eigenvalue weighted by atomic mass is 15.3. The van der Waals surface area contributed by atoms with Crippen molar-refractivity contribution in [1.82, 2.24) is 14.8 Å². The van der Waals surface area contributed by atoms with Crippen LogP contribution in [0.1, 0.15) is 58.2 Å². The topological polar surface area (TPSA) is 30.7 Å². The van der Waals surface area contributed by atoms with Crippen molar-refractivity contribution in [3.63, 3.8) is 0 Å². The van der Waals surface area contributed by atoms with Crippen LogP contribution in [0.4, 0.5) is 0 Å². The average Bonchev–Trinajstić information content (AvgIpc) is 2.70. The Morgan fingerprint density at radius 1 is 1.07 bits per heavy atom. The Bertz CT molecular complexity index is 255. The molecule has 1 heterocycles. The van der Waals surface area contributed by atoms with Gasteiger partial charge in [0.2, 0.25) is 0 Å². The molecule has 15 heavy (non-hydrogen) atoms. The fourth-order valence-corrected chi connectivity index (χ4v) is 1.79. The minimum atomic E-state index is 0.982. The molecule has 0 aliphatic carbocycles. The highest BCUT2D eigenvalue weighted by Gasteiger charge is 2.00. The Balaban J connectivity index is 2.09. The molecule has 0 radical (unpaired) electrons. The van der Waals surface area contributed by atoms with Crippen LogP contribution < -0.4 is 0 Å². The molecule has 86 valence electrons. The predicted octanol–water partition coefficient (Wildman–Crippen LogP) is 3.20. The number of aromatic nitrogens is 3. The largest absolute Gasteiger partial charge is 0.250 e. The quantitative estimate of drug-likeness (QED) is 0.615. The summed E-state index contributed by atoms with van der Waals surface area (Å²) in [5.74, 6) is 1.11. The number of hydrogen-bond acceptors (Lipinski definition) is 2. The Morgan fingerprint density at radius 3 is 2.53 bits per heavy atom. The van der Waals surface area contributed by atoms with Crippen LogP contribution >= 0.6 is 0 Å². The molecule has 3 nitrogen and oxygen atoms in total. The van der Waals surface area contributed by atoms with Crippen LogP contribution in [-0.2, 0) is 13.0 Å². The molecule has 0 aliphatic heterocycles. The molecule has 0 unspecified atom stereocenters. The maximum absolute atomic E-state index is 4.23. The molecule has 0 bridgehead atoms. The van der Waals surface area contributed by atoms with E-state index in [1.54, 1.807) is 6.33 Å². The summed E-state index contributed by atoms with van der Waals surface area (Å²) in [5.41, 5.74) is 0. The zero-order chi connectivity index (χ0) is 10.9. The summed E-state index contributed by atoms with van der Waals surface area (Å²) in [6, 6.07) is 0. The van der Waals surface area contributed by atoms with Gasteiger partial charge >= 0.3 is 0 Å². The van der Waals surface area contributed by atoms with Crippen molar-refractivity contribution in [2.24, 2.45) is 0 Å². The van der Waals surface area contributed by atoms with Gasteiger partial charge in [0, 0.05) is 13.0 Å². The van der Waals surface area contributed by atoms with E-state index in [0.717, 1.165) is 18.8 Å². The van der Waals surface area contributed by atoms with Crippen LogP contribution in [0.25, 0.3) is 0 Å². The van der Waals surface area contributed by atoms with Crippen molar-refractivity contribution >= 4 is 0 Å². The average molecular weight is 209 g/mol. The van der Waals surface area contributed by atoms with Crippen LogP contribution in [0.2, 0.25) is 0 Å². The van der Waals surface area contributed by atoms with E-state index in [2.05, 4.69) is 23.9 Å². The number of hydrogen-bond donors (Lipinski definition) is 0. The number of nitrogens with zero attached hydrogens (tertiary/aromatic N) is 3. The first-order valence-corrected chi connectivity index (χ1v) is 6.25. The molecule has 0 aromatic carbocycles. The molecule has 0 spiro atoms. The third-order valence-corrected chi connectivity index (χ3v) is 2.74. The highest BCUT2D eigenvalue weighted by molar-refractivity contribution is 4.82. The standard InChI is InChI=1S/C12H23N3/c1-3-5-6-7-8-9-10-15-12(4-2)13-11-14-15/h11H,3-10H2,1-2H3. The van der Waals surface area contributed by atoms with E-state index >= 15 is 0 Å². The van der Waals surface area contributed by atoms with Crippen LogP contribution in [0, 0.1) is 0 Å². The molecule has 1 rings (SSSR count). The van der Waals surface area contributed by atoms with Crippen molar-refractivity contribution in [2.75, 3.05) is 0 Å². The molecule has 3 heteroatoms. The van der Waals surface area contributed by atoms with Gasteiger partial charge in [-0.2, -0.15) is 5.10 Å². The van der Waals surface area contributed by atoms with Gasteiger partial charge in [0.05, 0.1) is 0 Å². The minimum absolute atomic E-state index is 0.982. The third-order valence-electron chi connectivity index (χ3n) is 2.74. The summed E-state index contributed by atoms with van der Waals surface area (Å²) in [4.78, 5) is 4.21. The number of unbranched alkanes of at least 4 members (excludes halogenated alkanes) is 5. The normalized spacial score (nSPS) is 10.8. The smallest absolute Gasteiger partial charge is 0.138 e. The molecule has 1 aromatic heterocycles. The molecule has 0 N–H and O–H groups in total. The van der Waals surface area contributed by atoms with Gasteiger partial charge in [-0.05, 0) is 6.42 Å². The van der Waals surface area contributed by atoms with E-state index < -0.39 is 0 Å². The lowest BCUT2D eigenvalue weighted by Gasteiger charge is -2.04. The van der Waals surface area contributed by atoms with Crippen molar-refractivity contribution in [3.8, 4) is 0 Å². The number of aryl methyl sites for hydroxylation is 2. The zero-order valence-electron chi connectivity index (χ0n) is 10.1. The molecule has 0 aliphatic rings. The lowest BCUT2D eigenvalue weighted by Crippen LogP contribution is -2.04. The van der Waals surface area contributed by atoms with Crippen molar-refractivity contribution in [2.45, 2.75) is 65.3 Å². The molecular weight excluding hydrogens is 186 g/mol. The van der Waals surface area contributed by atoms with E-state index in [0.29, 0.717) is 0 Å². The Labute approximate surface area is 92.9 Å². The fraction of sp³-hybridized carbons (Fsp3) is 0.833. The summed E-state index contributed by atoms with van der Waals surface area (Å²) < 4.78 is 2.04. The Morgan fingerprint density at radius 2 is 1.80 bits per heavy atom. The van der Waals surface area contributed by atoms with Crippen molar-refractivity contribution < 1.29 is 0 Å². The van der Waals surface area contributed by atoms with Crippen LogP contribution in [0.3, 0.4) is 0 Å². The van der Waals surface area contributed by atoms with E-state index in [4.69, 9.17) is 0 Å². The molecule has 0 atom stereocenters. The lowest BCUT2D eigenvalue weighted by atomic mass is 10.1. The summed E-state index contributed by atoms with van der Waals surface area (Å²) in [7, 11) is 0. The molecule has 1 aromatic rings. The maximum atomic E-state index is 4.23. The van der Waals surface area contributed by atoms with Gasteiger partial charge in [-0.1, -0.05) is 46.0 Å². The van der Waals surface area contributed by atoms with Gasteiger partial charge in [0.15, 0.2) is 0 Å². The first-order chi connectivity index (χ1) is 7.38. The van der Waals surface area contributed by atoms with E-state index in [1.807, 2.05) is 4.68 Å². The van der Waals surface area contributed by atoms with Crippen LogP contribution in [0.15, 0.2) is 6.33 Å². The third kappa shape index (κ3) is 4.45. The lowest BCUT2D eigenvalue weighted by molar-refractivity contribution is 0.512. The molecule has 0 amide bonds. The zero-order valence-corrected chi connectivity index (χ0v) is 10.1. The van der Waals surface area contributed by atoms with Gasteiger partial charge in [0.1, 0.15) is 12.2 Å². The van der Waals surface area contributed by atoms with Crippen LogP contribution in [0.5, 0.6) is 0 Å². The summed E-state index contributed by atoms with van der Waals surface area (Å²) >= 11 is 0. The Kier molecular flexibility index (Phi) is 6.05. The van der Waals surface area contributed by atoms with Gasteiger partial charge in [0.25, 0.3) is 0 Å². The second kappa shape index (κ2) is 7.43.